The lowest BCUT2D eigenvalue weighted by Crippen LogP contribution is -2.40. The molecule has 0 aliphatic heterocycles. The van der Waals surface area contributed by atoms with Crippen LogP contribution in [0.25, 0.3) is 0 Å². The quantitative estimate of drug-likeness (QED) is 0.639. The third-order valence-electron chi connectivity index (χ3n) is 3.47. The predicted octanol–water partition coefficient (Wildman–Crippen LogP) is 2.96. The van der Waals surface area contributed by atoms with E-state index in [2.05, 4.69) is 26.2 Å². The smallest absolute Gasteiger partial charge is 0.246 e. The second-order valence-corrected chi connectivity index (χ2v) is 8.46. The minimum Gasteiger partial charge on any atom is -0.351 e. The van der Waals surface area contributed by atoms with E-state index in [0.29, 0.717) is 10.0 Å². The number of likely N-dealkylation sites (N-methyl/N-ethyl adjacent to an activating group) is 1. The van der Waals surface area contributed by atoms with Crippen molar-refractivity contribution >= 4 is 43.5 Å². The lowest BCUT2D eigenvalue weighted by atomic mass is 10.2. The number of halogens is 3. The van der Waals surface area contributed by atoms with Crippen LogP contribution in [0.4, 0.5) is 4.39 Å². The minimum absolute atomic E-state index is 0.0785. The van der Waals surface area contributed by atoms with E-state index in [-0.39, 0.29) is 35.5 Å². The van der Waals surface area contributed by atoms with Crippen molar-refractivity contribution < 1.29 is 17.6 Å². The van der Waals surface area contributed by atoms with Gasteiger partial charge in [-0.25, -0.2) is 17.8 Å². The average molecular weight is 465 g/mol. The van der Waals surface area contributed by atoms with Gasteiger partial charge in [0.05, 0.1) is 6.54 Å². The molecule has 0 bridgehead atoms. The van der Waals surface area contributed by atoms with Gasteiger partial charge in [0, 0.05) is 23.8 Å². The molecule has 1 amide bonds. The Hall–Kier alpha value is -1.55. The average Bonchev–Trinajstić information content (AvgIpc) is 2.61. The van der Waals surface area contributed by atoms with Crippen molar-refractivity contribution in [3.8, 4) is 0 Å². The van der Waals surface area contributed by atoms with Crippen molar-refractivity contribution in [3.05, 3.63) is 57.5 Å². The van der Waals surface area contributed by atoms with Gasteiger partial charge in [-0.1, -0.05) is 30.7 Å². The maximum absolute atomic E-state index is 12.9. The highest BCUT2D eigenvalue weighted by molar-refractivity contribution is 9.10. The second-order valence-electron chi connectivity index (χ2n) is 5.28. The summed E-state index contributed by atoms with van der Waals surface area (Å²) >= 11 is 9.06. The first-order valence-corrected chi connectivity index (χ1v) is 10.2. The number of benzene rings is 1. The molecule has 6 nitrogen and oxygen atoms in total. The monoisotopic (exact) mass is 463 g/mol. The summed E-state index contributed by atoms with van der Waals surface area (Å²) < 4.78 is 39.8. The summed E-state index contributed by atoms with van der Waals surface area (Å²) in [4.78, 5) is 15.8. The number of carbonyl (C=O) groups excluding carboxylic acids is 1. The Balaban J connectivity index is 2.08. The fraction of sp³-hybridized carbons (Fsp3) is 0.250. The van der Waals surface area contributed by atoms with E-state index >= 15 is 0 Å². The molecule has 2 rings (SSSR count). The van der Waals surface area contributed by atoms with Gasteiger partial charge in [0.2, 0.25) is 15.9 Å². The summed E-state index contributed by atoms with van der Waals surface area (Å²) in [6.07, 6.45) is 1.38. The molecule has 2 aromatic rings. The van der Waals surface area contributed by atoms with E-state index in [9.17, 15) is 17.6 Å². The Morgan fingerprint density at radius 3 is 2.62 bits per heavy atom. The van der Waals surface area contributed by atoms with Gasteiger partial charge in [-0.05, 0) is 39.7 Å². The number of hydrogen-bond acceptors (Lipinski definition) is 4. The van der Waals surface area contributed by atoms with E-state index in [1.165, 1.54) is 36.5 Å². The summed E-state index contributed by atoms with van der Waals surface area (Å²) in [5, 5.41) is 2.44. The molecular formula is C16H16BrClFN3O3S. The highest BCUT2D eigenvalue weighted by Crippen LogP contribution is 2.25. The fourth-order valence-electron chi connectivity index (χ4n) is 2.11. The molecule has 1 aromatic heterocycles. The Morgan fingerprint density at radius 2 is 2.00 bits per heavy atom. The highest BCUT2D eigenvalue weighted by Gasteiger charge is 2.28. The number of amides is 1. The number of hydrogen-bond donors (Lipinski definition) is 1. The number of rotatable bonds is 7. The standard InChI is InChI=1S/C16H16BrClFN3O3S/c1-2-22(26(24,25)14-7-12(17)9-21-16(14)18)10-15(23)20-8-11-3-5-13(19)6-4-11/h3-7,9H,2,8,10H2,1H3,(H,20,23). The maximum atomic E-state index is 12.9. The predicted molar refractivity (Wildman–Crippen MR) is 99.6 cm³/mol. The van der Waals surface area contributed by atoms with Crippen LogP contribution < -0.4 is 5.32 Å². The molecule has 0 aliphatic carbocycles. The van der Waals surface area contributed by atoms with Crippen LogP contribution in [0.15, 0.2) is 45.9 Å². The van der Waals surface area contributed by atoms with Gasteiger partial charge in [-0.2, -0.15) is 4.31 Å². The summed E-state index contributed by atoms with van der Waals surface area (Å²) in [7, 11) is -3.99. The van der Waals surface area contributed by atoms with Crippen molar-refractivity contribution in [3.63, 3.8) is 0 Å². The molecule has 140 valence electrons. The number of carbonyl (C=O) groups is 1. The Labute approximate surface area is 164 Å². The molecule has 0 fully saturated rings. The van der Waals surface area contributed by atoms with Gasteiger partial charge in [0.25, 0.3) is 0 Å². The van der Waals surface area contributed by atoms with Gasteiger partial charge in [0.15, 0.2) is 0 Å². The van der Waals surface area contributed by atoms with E-state index in [4.69, 9.17) is 11.6 Å². The van der Waals surface area contributed by atoms with E-state index < -0.39 is 15.9 Å². The van der Waals surface area contributed by atoms with Gasteiger partial charge >= 0.3 is 0 Å². The molecule has 0 atom stereocenters. The first kappa shape index (κ1) is 20.8. The van der Waals surface area contributed by atoms with Crippen LogP contribution in [0.2, 0.25) is 5.15 Å². The van der Waals surface area contributed by atoms with Crippen LogP contribution in [-0.4, -0.2) is 36.7 Å². The van der Waals surface area contributed by atoms with Crippen molar-refractivity contribution in [2.24, 2.45) is 0 Å². The molecule has 1 aromatic carbocycles. The van der Waals surface area contributed by atoms with Crippen molar-refractivity contribution in [2.75, 3.05) is 13.1 Å². The fourth-order valence-corrected chi connectivity index (χ4v) is 4.44. The molecule has 0 saturated heterocycles. The topological polar surface area (TPSA) is 79.4 Å². The zero-order chi connectivity index (χ0) is 19.3. The normalized spacial score (nSPS) is 11.6. The van der Waals surface area contributed by atoms with Crippen LogP contribution in [-0.2, 0) is 21.4 Å². The van der Waals surface area contributed by atoms with E-state index in [0.717, 1.165) is 4.31 Å². The van der Waals surface area contributed by atoms with Gasteiger partial charge in [0.1, 0.15) is 15.9 Å². The van der Waals surface area contributed by atoms with E-state index in [1.807, 2.05) is 0 Å². The number of nitrogens with zero attached hydrogens (tertiary/aromatic N) is 2. The molecule has 0 aliphatic rings. The molecule has 1 heterocycles. The molecule has 0 unspecified atom stereocenters. The summed E-state index contributed by atoms with van der Waals surface area (Å²) in [6, 6.07) is 6.98. The molecule has 10 heteroatoms. The number of nitrogens with one attached hydrogen (secondary N) is 1. The lowest BCUT2D eigenvalue weighted by Gasteiger charge is -2.20. The summed E-state index contributed by atoms with van der Waals surface area (Å²) in [5.74, 6) is -0.860. The van der Waals surface area contributed by atoms with Crippen LogP contribution in [0.3, 0.4) is 0 Å². The first-order valence-electron chi connectivity index (χ1n) is 7.56. The molecular weight excluding hydrogens is 449 g/mol. The minimum atomic E-state index is -3.99. The largest absolute Gasteiger partial charge is 0.351 e. The Bertz CT molecular complexity index is 894. The zero-order valence-electron chi connectivity index (χ0n) is 13.7. The zero-order valence-corrected chi connectivity index (χ0v) is 16.9. The van der Waals surface area contributed by atoms with Crippen LogP contribution in [0.5, 0.6) is 0 Å². The molecule has 0 radical (unpaired) electrons. The van der Waals surface area contributed by atoms with Crippen molar-refractivity contribution in [2.45, 2.75) is 18.4 Å². The van der Waals surface area contributed by atoms with Gasteiger partial charge in [-0.15, -0.1) is 0 Å². The third kappa shape index (κ3) is 5.23. The van der Waals surface area contributed by atoms with E-state index in [1.54, 1.807) is 6.92 Å². The Kier molecular flexibility index (Phi) is 7.10. The van der Waals surface area contributed by atoms with Crippen LogP contribution >= 0.6 is 27.5 Å². The lowest BCUT2D eigenvalue weighted by molar-refractivity contribution is -0.121. The van der Waals surface area contributed by atoms with Crippen LogP contribution in [0, 0.1) is 5.82 Å². The summed E-state index contributed by atoms with van der Waals surface area (Å²) in [5.41, 5.74) is 0.699. The molecule has 0 saturated carbocycles. The maximum Gasteiger partial charge on any atom is 0.246 e. The van der Waals surface area contributed by atoms with Crippen molar-refractivity contribution in [1.29, 1.82) is 0 Å². The highest BCUT2D eigenvalue weighted by atomic mass is 79.9. The molecule has 26 heavy (non-hydrogen) atoms. The number of pyridine rings is 1. The summed E-state index contributed by atoms with van der Waals surface area (Å²) in [6.45, 7) is 1.48. The first-order chi connectivity index (χ1) is 12.2. The molecule has 1 N–H and O–H groups in total. The van der Waals surface area contributed by atoms with Crippen molar-refractivity contribution in [1.82, 2.24) is 14.6 Å². The third-order valence-corrected chi connectivity index (χ3v) is 6.25. The number of aromatic nitrogens is 1. The second kappa shape index (κ2) is 8.90. The molecule has 0 spiro atoms. The Morgan fingerprint density at radius 1 is 1.35 bits per heavy atom. The SMILES string of the molecule is CCN(CC(=O)NCc1ccc(F)cc1)S(=O)(=O)c1cc(Br)cnc1Cl. The number of sulfonamides is 1. The van der Waals surface area contributed by atoms with Gasteiger partial charge in [-0.3, -0.25) is 4.79 Å². The van der Waals surface area contributed by atoms with Crippen LogP contribution in [0.1, 0.15) is 12.5 Å². The van der Waals surface area contributed by atoms with Gasteiger partial charge < -0.3 is 5.32 Å².